The van der Waals surface area contributed by atoms with E-state index in [1.807, 2.05) is 6.92 Å². The second kappa shape index (κ2) is 7.42. The van der Waals surface area contributed by atoms with Gasteiger partial charge in [-0.25, -0.2) is 4.79 Å². The Hall–Kier alpha value is -2.37. The summed E-state index contributed by atoms with van der Waals surface area (Å²) < 4.78 is 4.75. The van der Waals surface area contributed by atoms with Crippen LogP contribution in [0.3, 0.4) is 0 Å². The number of benzene rings is 1. The molecule has 0 aliphatic heterocycles. The number of amides is 2. The summed E-state index contributed by atoms with van der Waals surface area (Å²) in [4.78, 5) is 35.2. The van der Waals surface area contributed by atoms with Gasteiger partial charge in [0.2, 0.25) is 11.8 Å². The Kier molecular flexibility index (Phi) is 5.90. The van der Waals surface area contributed by atoms with E-state index in [0.29, 0.717) is 11.4 Å². The summed E-state index contributed by atoms with van der Waals surface area (Å²) in [7, 11) is 1.25. The summed E-state index contributed by atoms with van der Waals surface area (Å²) in [6, 6.07) is 3.34. The Bertz CT molecular complexity index is 528. The summed E-state index contributed by atoms with van der Waals surface area (Å²) in [5, 5.41) is 5.31. The minimum Gasteiger partial charge on any atom is -0.465 e. The summed E-state index contributed by atoms with van der Waals surface area (Å²) >= 11 is 0. The molecule has 0 bridgehead atoms. The second-order valence-corrected chi connectivity index (χ2v) is 4.53. The monoisotopic (exact) mass is 292 g/mol. The van der Waals surface area contributed by atoms with Crippen LogP contribution in [0.4, 0.5) is 11.4 Å². The summed E-state index contributed by atoms with van der Waals surface area (Å²) in [6.07, 6.45) is 0.566. The second-order valence-electron chi connectivity index (χ2n) is 4.53. The van der Waals surface area contributed by atoms with Crippen molar-refractivity contribution >= 4 is 29.2 Å². The molecular weight excluding hydrogens is 272 g/mol. The lowest BCUT2D eigenvalue weighted by atomic mass is 10.1. The molecule has 6 nitrogen and oxygen atoms in total. The van der Waals surface area contributed by atoms with Crippen molar-refractivity contribution in [2.45, 2.75) is 33.6 Å². The van der Waals surface area contributed by atoms with Gasteiger partial charge in [-0.2, -0.15) is 0 Å². The first kappa shape index (κ1) is 16.7. The van der Waals surface area contributed by atoms with Gasteiger partial charge in [-0.1, -0.05) is 13.8 Å². The maximum Gasteiger partial charge on any atom is 0.342 e. The average Bonchev–Trinajstić information content (AvgIpc) is 2.45. The minimum atomic E-state index is -0.618. The van der Waals surface area contributed by atoms with E-state index in [4.69, 9.17) is 4.74 Å². The normalized spacial score (nSPS) is 9.90. The molecule has 0 fully saturated rings. The molecule has 2 N–H and O–H groups in total. The predicted octanol–water partition coefficient (Wildman–Crippen LogP) is 2.48. The zero-order chi connectivity index (χ0) is 16.0. The number of anilines is 2. The highest BCUT2D eigenvalue weighted by Gasteiger charge is 2.20. The highest BCUT2D eigenvalue weighted by Crippen LogP contribution is 2.28. The largest absolute Gasteiger partial charge is 0.465 e. The molecular formula is C15H20N2O4. The van der Waals surface area contributed by atoms with Gasteiger partial charge in [0.15, 0.2) is 0 Å². The molecule has 0 aromatic heterocycles. The van der Waals surface area contributed by atoms with E-state index >= 15 is 0 Å². The Morgan fingerprint density at radius 1 is 1.00 bits per heavy atom. The van der Waals surface area contributed by atoms with Gasteiger partial charge in [-0.3, -0.25) is 9.59 Å². The first-order valence-electron chi connectivity index (χ1n) is 6.75. The van der Waals surface area contributed by atoms with E-state index in [9.17, 15) is 14.4 Å². The van der Waals surface area contributed by atoms with Crippen molar-refractivity contribution in [3.8, 4) is 0 Å². The Morgan fingerprint density at radius 3 is 1.76 bits per heavy atom. The SMILES string of the molecule is CCC(=O)Nc1cc(C)cc(NC(=O)CC)c1C(=O)OC. The van der Waals surface area contributed by atoms with E-state index in [-0.39, 0.29) is 30.2 Å². The molecule has 114 valence electrons. The number of carbonyl (C=O) groups excluding carboxylic acids is 3. The van der Waals surface area contributed by atoms with E-state index in [2.05, 4.69) is 10.6 Å². The van der Waals surface area contributed by atoms with Crippen LogP contribution in [-0.2, 0) is 14.3 Å². The van der Waals surface area contributed by atoms with Gasteiger partial charge in [-0.15, -0.1) is 0 Å². The molecule has 1 aromatic carbocycles. The molecule has 2 amide bonds. The minimum absolute atomic E-state index is 0.145. The smallest absolute Gasteiger partial charge is 0.342 e. The molecule has 0 aliphatic rings. The van der Waals surface area contributed by atoms with Crippen molar-refractivity contribution in [2.24, 2.45) is 0 Å². The van der Waals surface area contributed by atoms with Gasteiger partial charge in [0.1, 0.15) is 5.56 Å². The van der Waals surface area contributed by atoms with Gasteiger partial charge in [0.25, 0.3) is 0 Å². The molecule has 21 heavy (non-hydrogen) atoms. The van der Waals surface area contributed by atoms with Crippen molar-refractivity contribution in [2.75, 3.05) is 17.7 Å². The molecule has 0 radical (unpaired) electrons. The van der Waals surface area contributed by atoms with Crippen LogP contribution in [0.25, 0.3) is 0 Å². The number of aryl methyl sites for hydroxylation is 1. The molecule has 1 aromatic rings. The van der Waals surface area contributed by atoms with Gasteiger partial charge in [-0.05, 0) is 24.6 Å². The maximum absolute atomic E-state index is 12.0. The summed E-state index contributed by atoms with van der Waals surface area (Å²) in [5.41, 5.74) is 1.62. The number of esters is 1. The topological polar surface area (TPSA) is 84.5 Å². The van der Waals surface area contributed by atoms with Crippen LogP contribution in [0.15, 0.2) is 12.1 Å². The van der Waals surface area contributed by atoms with Crippen molar-refractivity contribution < 1.29 is 19.1 Å². The number of nitrogens with one attached hydrogen (secondary N) is 2. The third-order valence-corrected chi connectivity index (χ3v) is 2.86. The highest BCUT2D eigenvalue weighted by molar-refractivity contribution is 6.08. The zero-order valence-electron chi connectivity index (χ0n) is 12.7. The number of carbonyl (C=O) groups is 3. The lowest BCUT2D eigenvalue weighted by molar-refractivity contribution is -0.116. The van der Waals surface area contributed by atoms with E-state index < -0.39 is 5.97 Å². The van der Waals surface area contributed by atoms with E-state index in [0.717, 1.165) is 5.56 Å². The fraction of sp³-hybridized carbons (Fsp3) is 0.400. The zero-order valence-corrected chi connectivity index (χ0v) is 12.7. The Morgan fingerprint density at radius 2 is 1.43 bits per heavy atom. The summed E-state index contributed by atoms with van der Waals surface area (Å²) in [6.45, 7) is 5.23. The molecule has 0 spiro atoms. The Labute approximate surface area is 123 Å². The van der Waals surface area contributed by atoms with Gasteiger partial charge in [0.05, 0.1) is 18.5 Å². The van der Waals surface area contributed by atoms with Crippen molar-refractivity contribution in [1.29, 1.82) is 0 Å². The fourth-order valence-electron chi connectivity index (χ4n) is 1.78. The van der Waals surface area contributed by atoms with Crippen LogP contribution >= 0.6 is 0 Å². The van der Waals surface area contributed by atoms with Crippen molar-refractivity contribution in [1.82, 2.24) is 0 Å². The number of ether oxygens (including phenoxy) is 1. The standard InChI is InChI=1S/C15H20N2O4/c1-5-12(18)16-10-7-9(3)8-11(17-13(19)6-2)14(10)15(20)21-4/h7-8H,5-6H2,1-4H3,(H,16,18)(H,17,19). The van der Waals surface area contributed by atoms with E-state index in [1.165, 1.54) is 7.11 Å². The molecule has 0 heterocycles. The number of hydrogen-bond donors (Lipinski definition) is 2. The van der Waals surface area contributed by atoms with Crippen LogP contribution in [0.2, 0.25) is 0 Å². The van der Waals surface area contributed by atoms with Crippen LogP contribution in [0.1, 0.15) is 42.6 Å². The molecule has 0 atom stereocenters. The van der Waals surface area contributed by atoms with Gasteiger partial charge < -0.3 is 15.4 Å². The lowest BCUT2D eigenvalue weighted by Crippen LogP contribution is -2.18. The van der Waals surface area contributed by atoms with E-state index in [1.54, 1.807) is 26.0 Å². The van der Waals surface area contributed by atoms with Crippen LogP contribution in [0.5, 0.6) is 0 Å². The number of hydrogen-bond acceptors (Lipinski definition) is 4. The molecule has 0 saturated heterocycles. The van der Waals surface area contributed by atoms with Crippen molar-refractivity contribution in [3.63, 3.8) is 0 Å². The van der Waals surface area contributed by atoms with Gasteiger partial charge in [0, 0.05) is 12.8 Å². The first-order valence-corrected chi connectivity index (χ1v) is 6.75. The third-order valence-electron chi connectivity index (χ3n) is 2.86. The van der Waals surface area contributed by atoms with Crippen molar-refractivity contribution in [3.05, 3.63) is 23.3 Å². The lowest BCUT2D eigenvalue weighted by Gasteiger charge is -2.15. The molecule has 0 saturated carbocycles. The van der Waals surface area contributed by atoms with Crippen LogP contribution < -0.4 is 10.6 Å². The number of methoxy groups -OCH3 is 1. The fourth-order valence-corrected chi connectivity index (χ4v) is 1.78. The molecule has 0 aliphatic carbocycles. The van der Waals surface area contributed by atoms with Crippen LogP contribution in [0, 0.1) is 6.92 Å². The molecule has 1 rings (SSSR count). The first-order chi connectivity index (χ1) is 9.92. The third kappa shape index (κ3) is 4.30. The maximum atomic E-state index is 12.0. The molecule has 6 heteroatoms. The average molecular weight is 292 g/mol. The Balaban J connectivity index is 3.36. The summed E-state index contributed by atoms with van der Waals surface area (Å²) in [5.74, 6) is -1.06. The molecule has 0 unspecified atom stereocenters. The highest BCUT2D eigenvalue weighted by atomic mass is 16.5. The van der Waals surface area contributed by atoms with Gasteiger partial charge >= 0.3 is 5.97 Å². The van der Waals surface area contributed by atoms with Crippen LogP contribution in [-0.4, -0.2) is 24.9 Å². The predicted molar refractivity (Wildman–Crippen MR) is 80.4 cm³/mol. The number of rotatable bonds is 5. The quantitative estimate of drug-likeness (QED) is 0.816.